The van der Waals surface area contributed by atoms with Gasteiger partial charge in [0.05, 0.1) is 18.1 Å². The maximum absolute atomic E-state index is 13.0. The number of carbonyl (C=O) groups excluding carboxylic acids is 1. The van der Waals surface area contributed by atoms with E-state index < -0.39 is 5.60 Å². The highest BCUT2D eigenvalue weighted by atomic mass is 32.2. The number of fused-ring (bicyclic) bond motifs is 2. The van der Waals surface area contributed by atoms with E-state index in [1.165, 1.54) is 6.42 Å². The Bertz CT molecular complexity index is 663. The fraction of sp³-hybridized carbons (Fsp3) is 0.696. The third kappa shape index (κ3) is 3.93. The molecule has 5 rings (SSSR count). The van der Waals surface area contributed by atoms with Crippen molar-refractivity contribution in [2.24, 2.45) is 11.8 Å². The van der Waals surface area contributed by atoms with Crippen LogP contribution in [0.25, 0.3) is 0 Å². The molecule has 1 aromatic carbocycles. The zero-order valence-corrected chi connectivity index (χ0v) is 17.5. The number of thioether (sulfide) groups is 1. The predicted octanol–water partition coefficient (Wildman–Crippen LogP) is 5.32. The highest BCUT2D eigenvalue weighted by Gasteiger charge is 2.52. The Morgan fingerprint density at radius 1 is 1.04 bits per heavy atom. The lowest BCUT2D eigenvalue weighted by molar-refractivity contribution is -0.173. The van der Waals surface area contributed by atoms with Gasteiger partial charge < -0.3 is 9.47 Å². The lowest BCUT2D eigenvalue weighted by Crippen LogP contribution is -2.41. The lowest BCUT2D eigenvalue weighted by atomic mass is 9.74. The third-order valence-electron chi connectivity index (χ3n) is 6.78. The van der Waals surface area contributed by atoms with Gasteiger partial charge >= 0.3 is 5.97 Å². The van der Waals surface area contributed by atoms with Crippen LogP contribution in [-0.4, -0.2) is 28.7 Å². The van der Waals surface area contributed by atoms with Gasteiger partial charge in [-0.1, -0.05) is 44.2 Å². The van der Waals surface area contributed by atoms with Crippen molar-refractivity contribution in [3.05, 3.63) is 35.9 Å². The molecule has 0 N–H and O–H groups in total. The number of benzene rings is 1. The molecule has 1 aromatic rings. The molecule has 2 aliphatic carbocycles. The molecule has 7 atom stereocenters. The highest BCUT2D eigenvalue weighted by molar-refractivity contribution is 8.07. The van der Waals surface area contributed by atoms with E-state index in [4.69, 9.17) is 9.47 Å². The minimum atomic E-state index is -0.539. The van der Waals surface area contributed by atoms with E-state index in [0.717, 1.165) is 42.9 Å². The molecule has 27 heavy (non-hydrogen) atoms. The molecule has 2 aliphatic heterocycles. The van der Waals surface area contributed by atoms with E-state index in [0.29, 0.717) is 23.4 Å². The fourth-order valence-corrected chi connectivity index (χ4v) is 6.18. The van der Waals surface area contributed by atoms with Gasteiger partial charge in [-0.25, -0.2) is 0 Å². The van der Waals surface area contributed by atoms with E-state index in [1.807, 2.05) is 43.8 Å². The summed E-state index contributed by atoms with van der Waals surface area (Å²) in [5.41, 5.74) is 0.588. The first-order chi connectivity index (χ1) is 13.1. The molecule has 4 fully saturated rings. The number of epoxide rings is 1. The third-order valence-corrected chi connectivity index (χ3v) is 8.25. The molecule has 2 heterocycles. The molecule has 0 amide bonds. The van der Waals surface area contributed by atoms with Crippen LogP contribution in [-0.2, 0) is 19.9 Å². The summed E-state index contributed by atoms with van der Waals surface area (Å²) in [6.45, 7) is 6.13. The number of hydrogen-bond donors (Lipinski definition) is 0. The quantitative estimate of drug-likeness (QED) is 0.517. The Hall–Kier alpha value is -1.00. The first kappa shape index (κ1) is 19.3. The van der Waals surface area contributed by atoms with Crippen molar-refractivity contribution in [3.63, 3.8) is 0 Å². The standard InChI is InChI=1S/C21H26O3S.C2H6/c1-21(14-5-3-2-4-6-14,15-8-9-16-17(12-15)23-16)24-20(22)13-7-10-18-19(11-13)25-18;1-2/h2-6,13,15-19H,7-12H2,1H3;1-2H3. The number of carbonyl (C=O) groups is 1. The molecule has 7 unspecified atom stereocenters. The number of hydrogen-bond acceptors (Lipinski definition) is 4. The molecule has 2 saturated heterocycles. The minimum Gasteiger partial charge on any atom is -0.454 e. The van der Waals surface area contributed by atoms with Crippen molar-refractivity contribution in [2.75, 3.05) is 0 Å². The second-order valence-corrected chi connectivity index (χ2v) is 9.82. The summed E-state index contributed by atoms with van der Waals surface area (Å²) >= 11 is 2.04. The number of esters is 1. The van der Waals surface area contributed by atoms with Crippen LogP contribution in [0.15, 0.2) is 30.3 Å². The smallest absolute Gasteiger partial charge is 0.309 e. The van der Waals surface area contributed by atoms with E-state index in [-0.39, 0.29) is 11.9 Å². The maximum Gasteiger partial charge on any atom is 0.309 e. The van der Waals surface area contributed by atoms with E-state index >= 15 is 0 Å². The molecular formula is C23H32O3S. The molecule has 2 saturated carbocycles. The average molecular weight is 389 g/mol. The van der Waals surface area contributed by atoms with Crippen LogP contribution < -0.4 is 0 Å². The van der Waals surface area contributed by atoms with Crippen molar-refractivity contribution in [3.8, 4) is 0 Å². The Labute approximate surface area is 167 Å². The Morgan fingerprint density at radius 3 is 2.52 bits per heavy atom. The lowest BCUT2D eigenvalue weighted by Gasteiger charge is -2.40. The molecule has 148 valence electrons. The normalized spacial score (nSPS) is 38.2. The van der Waals surface area contributed by atoms with Crippen molar-refractivity contribution in [2.45, 2.75) is 87.6 Å². The van der Waals surface area contributed by atoms with E-state index in [2.05, 4.69) is 19.1 Å². The van der Waals surface area contributed by atoms with Crippen LogP contribution in [0.1, 0.15) is 64.9 Å². The topological polar surface area (TPSA) is 38.8 Å². The summed E-state index contributed by atoms with van der Waals surface area (Å²) < 4.78 is 12.1. The molecular weight excluding hydrogens is 356 g/mol. The number of rotatable bonds is 4. The largest absolute Gasteiger partial charge is 0.454 e. The SMILES string of the molecule is CC.CC(OC(=O)C1CCC2SC2C1)(c1ccccc1)C1CCC2OC2C1. The summed E-state index contributed by atoms with van der Waals surface area (Å²) in [7, 11) is 0. The van der Waals surface area contributed by atoms with Gasteiger partial charge in [0.1, 0.15) is 5.60 Å². The molecule has 0 bridgehead atoms. The van der Waals surface area contributed by atoms with Gasteiger partial charge in [0.15, 0.2) is 0 Å². The highest BCUT2D eigenvalue weighted by Crippen LogP contribution is 2.53. The minimum absolute atomic E-state index is 0.0242. The van der Waals surface area contributed by atoms with Gasteiger partial charge in [0.25, 0.3) is 0 Å². The molecule has 4 heteroatoms. The van der Waals surface area contributed by atoms with Gasteiger partial charge in [0.2, 0.25) is 0 Å². The van der Waals surface area contributed by atoms with E-state index in [9.17, 15) is 4.79 Å². The van der Waals surface area contributed by atoms with Crippen LogP contribution in [0.3, 0.4) is 0 Å². The molecule has 0 aromatic heterocycles. The zero-order valence-electron chi connectivity index (χ0n) is 16.7. The molecule has 3 nitrogen and oxygen atoms in total. The van der Waals surface area contributed by atoms with Crippen molar-refractivity contribution in [1.82, 2.24) is 0 Å². The summed E-state index contributed by atoms with van der Waals surface area (Å²) in [6, 6.07) is 10.3. The predicted molar refractivity (Wildman–Crippen MR) is 110 cm³/mol. The summed E-state index contributed by atoms with van der Waals surface area (Å²) in [4.78, 5) is 13.0. The second-order valence-electron chi connectivity index (χ2n) is 8.34. The fourth-order valence-electron chi connectivity index (χ4n) is 4.96. The molecule has 0 spiro atoms. The number of ether oxygens (including phenoxy) is 2. The van der Waals surface area contributed by atoms with Crippen LogP contribution in [0.5, 0.6) is 0 Å². The van der Waals surface area contributed by atoms with Crippen molar-refractivity contribution in [1.29, 1.82) is 0 Å². The first-order valence-electron chi connectivity index (χ1n) is 10.7. The van der Waals surface area contributed by atoms with Crippen molar-refractivity contribution >= 4 is 17.7 Å². The Kier molecular flexibility index (Phi) is 5.57. The van der Waals surface area contributed by atoms with Crippen LogP contribution >= 0.6 is 11.8 Å². The molecule has 4 aliphatic rings. The van der Waals surface area contributed by atoms with Gasteiger partial charge in [-0.15, -0.1) is 0 Å². The second kappa shape index (κ2) is 7.79. The van der Waals surface area contributed by atoms with Crippen LogP contribution in [0.2, 0.25) is 0 Å². The Balaban J connectivity index is 0.000000872. The van der Waals surface area contributed by atoms with Gasteiger partial charge in [-0.3, -0.25) is 4.79 Å². The first-order valence-corrected chi connectivity index (χ1v) is 11.7. The molecule has 0 radical (unpaired) electrons. The monoisotopic (exact) mass is 388 g/mol. The summed E-state index contributed by atoms with van der Waals surface area (Å²) in [6.07, 6.45) is 7.22. The average Bonchev–Trinajstić information content (AvgIpc) is 3.63. The maximum atomic E-state index is 13.0. The van der Waals surface area contributed by atoms with Crippen LogP contribution in [0.4, 0.5) is 0 Å². The van der Waals surface area contributed by atoms with Gasteiger partial charge in [-0.2, -0.15) is 11.8 Å². The van der Waals surface area contributed by atoms with E-state index in [1.54, 1.807) is 0 Å². The van der Waals surface area contributed by atoms with Gasteiger partial charge in [-0.05, 0) is 51.0 Å². The zero-order chi connectivity index (χ0) is 19.0. The Morgan fingerprint density at radius 2 is 1.81 bits per heavy atom. The summed E-state index contributed by atoms with van der Waals surface area (Å²) in [5.74, 6) is 0.457. The van der Waals surface area contributed by atoms with Crippen LogP contribution in [0, 0.1) is 11.8 Å². The van der Waals surface area contributed by atoms with Gasteiger partial charge in [0, 0.05) is 16.4 Å². The van der Waals surface area contributed by atoms with Crippen molar-refractivity contribution < 1.29 is 14.3 Å². The summed E-state index contributed by atoms with van der Waals surface area (Å²) in [5, 5.41) is 1.54.